The van der Waals surface area contributed by atoms with E-state index in [0.717, 1.165) is 6.42 Å². The zero-order valence-corrected chi connectivity index (χ0v) is 8.52. The van der Waals surface area contributed by atoms with Gasteiger partial charge >= 0.3 is 0 Å². The lowest BCUT2D eigenvalue weighted by atomic mass is 10.2. The Morgan fingerprint density at radius 1 is 1.18 bits per heavy atom. The molecule has 1 rings (SSSR count). The lowest BCUT2D eigenvalue weighted by Gasteiger charge is -1.97. The van der Waals surface area contributed by atoms with E-state index in [1.165, 1.54) is 12.1 Å². The van der Waals surface area contributed by atoms with Gasteiger partial charge in [0, 0.05) is 11.9 Å². The van der Waals surface area contributed by atoms with E-state index in [9.17, 15) is 0 Å². The van der Waals surface area contributed by atoms with Gasteiger partial charge in [0.1, 0.15) is 0 Å². The fraction of sp³-hybridized carbons (Fsp3) is 0.700. The first-order chi connectivity index (χ1) is 5.39. The summed E-state index contributed by atoms with van der Waals surface area (Å²) in [5, 5.41) is 0. The average Bonchev–Trinajstić information content (AvgIpc) is 2.13. The van der Waals surface area contributed by atoms with Crippen molar-refractivity contribution in [3.8, 4) is 0 Å². The molecule has 0 spiro atoms. The summed E-state index contributed by atoms with van der Waals surface area (Å²) in [5.41, 5.74) is 1.25. The largest absolute Gasteiger partial charge is 0.266 e. The Bertz CT molecular complexity index is 112. The van der Waals surface area contributed by atoms with Crippen LogP contribution in [-0.4, -0.2) is 5.71 Å². The minimum Gasteiger partial charge on any atom is -0.266 e. The smallest absolute Gasteiger partial charge is 0.0227 e. The van der Waals surface area contributed by atoms with Gasteiger partial charge in [0.15, 0.2) is 0 Å². The molecule has 11 heavy (non-hydrogen) atoms. The van der Waals surface area contributed by atoms with Gasteiger partial charge in [-0.2, -0.15) is 0 Å². The highest BCUT2D eigenvalue weighted by molar-refractivity contribution is 5.83. The lowest BCUT2D eigenvalue weighted by molar-refractivity contribution is 1.05. The second-order valence-corrected chi connectivity index (χ2v) is 1.79. The fourth-order valence-electron chi connectivity index (χ4n) is 0.611. The van der Waals surface area contributed by atoms with Crippen molar-refractivity contribution in [1.82, 2.24) is 0 Å². The zero-order chi connectivity index (χ0) is 9.11. The zero-order valence-electron chi connectivity index (χ0n) is 8.52. The standard InChI is InChI=1S/C6H9N.2C2H6/c1-6-4-2-3-5-7-6;2*1-2/h3,5H,2,4H2,1H3;2*1-2H3. The van der Waals surface area contributed by atoms with Gasteiger partial charge in [-0.25, -0.2) is 0 Å². The molecule has 1 heteroatoms. The molecule has 1 aliphatic heterocycles. The molecule has 1 heterocycles. The molecule has 0 aromatic rings. The summed E-state index contributed by atoms with van der Waals surface area (Å²) in [6.07, 6.45) is 6.29. The minimum atomic E-state index is 1.15. The Hall–Kier alpha value is -0.590. The molecule has 0 aromatic heterocycles. The highest BCUT2D eigenvalue weighted by Crippen LogP contribution is 2.00. The average molecular weight is 155 g/mol. The number of hydrogen-bond donors (Lipinski definition) is 0. The summed E-state index contributed by atoms with van der Waals surface area (Å²) in [5.74, 6) is 0. The van der Waals surface area contributed by atoms with Crippen LogP contribution in [0.5, 0.6) is 0 Å². The van der Waals surface area contributed by atoms with Gasteiger partial charge in [0.2, 0.25) is 0 Å². The molecule has 66 valence electrons. The Morgan fingerprint density at radius 3 is 1.91 bits per heavy atom. The second-order valence-electron chi connectivity index (χ2n) is 1.79. The third-order valence-electron chi connectivity index (χ3n) is 1.07. The molecule has 0 atom stereocenters. The van der Waals surface area contributed by atoms with E-state index >= 15 is 0 Å². The highest BCUT2D eigenvalue weighted by atomic mass is 14.7. The Morgan fingerprint density at radius 2 is 1.73 bits per heavy atom. The van der Waals surface area contributed by atoms with Crippen molar-refractivity contribution in [3.63, 3.8) is 0 Å². The van der Waals surface area contributed by atoms with Crippen molar-refractivity contribution in [2.45, 2.75) is 47.5 Å². The lowest BCUT2D eigenvalue weighted by Crippen LogP contribution is -1.91. The number of hydrogen-bond acceptors (Lipinski definition) is 1. The molecule has 0 radical (unpaired) electrons. The third-order valence-corrected chi connectivity index (χ3v) is 1.07. The van der Waals surface area contributed by atoms with E-state index in [1.807, 2.05) is 33.9 Å². The van der Waals surface area contributed by atoms with Crippen molar-refractivity contribution < 1.29 is 0 Å². The van der Waals surface area contributed by atoms with Gasteiger partial charge in [-0.15, -0.1) is 0 Å². The van der Waals surface area contributed by atoms with E-state index in [-0.39, 0.29) is 0 Å². The van der Waals surface area contributed by atoms with Crippen molar-refractivity contribution >= 4 is 5.71 Å². The Labute approximate surface area is 71.2 Å². The quantitative estimate of drug-likeness (QED) is 0.504. The first-order valence-corrected chi connectivity index (χ1v) is 4.58. The normalized spacial score (nSPS) is 13.4. The Balaban J connectivity index is 0. The Kier molecular flexibility index (Phi) is 14.4. The number of aliphatic imine (C=N–C) groups is 1. The second kappa shape index (κ2) is 12.1. The van der Waals surface area contributed by atoms with Crippen LogP contribution in [0.15, 0.2) is 17.3 Å². The molecule has 0 unspecified atom stereocenters. The predicted octanol–water partition coefficient (Wildman–Crippen LogP) is 3.81. The van der Waals surface area contributed by atoms with Crippen LogP contribution in [0.2, 0.25) is 0 Å². The van der Waals surface area contributed by atoms with Crippen LogP contribution in [-0.2, 0) is 0 Å². The maximum atomic E-state index is 4.07. The van der Waals surface area contributed by atoms with Gasteiger partial charge < -0.3 is 0 Å². The van der Waals surface area contributed by atoms with Crippen LogP contribution in [0.25, 0.3) is 0 Å². The third kappa shape index (κ3) is 9.41. The predicted molar refractivity (Wildman–Crippen MR) is 54.2 cm³/mol. The summed E-state index contributed by atoms with van der Waals surface area (Å²) in [6.45, 7) is 10.1. The van der Waals surface area contributed by atoms with Crippen LogP contribution in [0, 0.1) is 0 Å². The number of allylic oxidation sites excluding steroid dienone is 1. The van der Waals surface area contributed by atoms with E-state index in [1.54, 1.807) is 0 Å². The maximum absolute atomic E-state index is 4.07. The van der Waals surface area contributed by atoms with E-state index < -0.39 is 0 Å². The van der Waals surface area contributed by atoms with Crippen LogP contribution >= 0.6 is 0 Å². The molecule has 0 N–H and O–H groups in total. The summed E-state index contributed by atoms with van der Waals surface area (Å²) >= 11 is 0. The molecule has 0 fully saturated rings. The topological polar surface area (TPSA) is 12.4 Å². The van der Waals surface area contributed by atoms with Gasteiger partial charge in [0.25, 0.3) is 0 Å². The molecule has 0 saturated carbocycles. The SMILES string of the molecule is CC.CC.CC1=NC=CCC1. The monoisotopic (exact) mass is 155 g/mol. The molecule has 1 aliphatic rings. The first kappa shape index (κ1) is 13.0. The summed E-state index contributed by atoms with van der Waals surface area (Å²) < 4.78 is 0. The molecule has 0 saturated heterocycles. The minimum absolute atomic E-state index is 1.15. The van der Waals surface area contributed by atoms with E-state index in [4.69, 9.17) is 0 Å². The van der Waals surface area contributed by atoms with Gasteiger partial charge in [-0.3, -0.25) is 4.99 Å². The summed E-state index contributed by atoms with van der Waals surface area (Å²) in [4.78, 5) is 4.07. The number of nitrogens with zero attached hydrogens (tertiary/aromatic N) is 1. The van der Waals surface area contributed by atoms with Crippen LogP contribution < -0.4 is 0 Å². The molecule has 0 aliphatic carbocycles. The van der Waals surface area contributed by atoms with Gasteiger partial charge in [0.05, 0.1) is 0 Å². The molecule has 0 amide bonds. The molecular weight excluding hydrogens is 134 g/mol. The molecular formula is C10H21N. The van der Waals surface area contributed by atoms with Crippen molar-refractivity contribution in [1.29, 1.82) is 0 Å². The van der Waals surface area contributed by atoms with E-state index in [0.29, 0.717) is 0 Å². The fourth-order valence-corrected chi connectivity index (χ4v) is 0.611. The van der Waals surface area contributed by atoms with Crippen molar-refractivity contribution in [2.24, 2.45) is 4.99 Å². The van der Waals surface area contributed by atoms with Crippen LogP contribution in [0.1, 0.15) is 47.5 Å². The van der Waals surface area contributed by atoms with Crippen LogP contribution in [0.3, 0.4) is 0 Å². The van der Waals surface area contributed by atoms with Gasteiger partial charge in [-0.1, -0.05) is 33.8 Å². The van der Waals surface area contributed by atoms with Crippen molar-refractivity contribution in [2.75, 3.05) is 0 Å². The van der Waals surface area contributed by atoms with Gasteiger partial charge in [-0.05, 0) is 19.8 Å². The first-order valence-electron chi connectivity index (χ1n) is 4.58. The highest BCUT2D eigenvalue weighted by Gasteiger charge is 1.90. The van der Waals surface area contributed by atoms with Crippen molar-refractivity contribution in [3.05, 3.63) is 12.3 Å². The molecule has 0 bridgehead atoms. The van der Waals surface area contributed by atoms with Crippen LogP contribution in [0.4, 0.5) is 0 Å². The molecule has 0 aromatic carbocycles. The molecule has 1 nitrogen and oxygen atoms in total. The maximum Gasteiger partial charge on any atom is 0.0227 e. The summed E-state index contributed by atoms with van der Waals surface area (Å²) in [7, 11) is 0. The summed E-state index contributed by atoms with van der Waals surface area (Å²) in [6, 6.07) is 0. The van der Waals surface area contributed by atoms with E-state index in [2.05, 4.69) is 18.0 Å². The number of rotatable bonds is 0.